The lowest BCUT2D eigenvalue weighted by atomic mass is 9.87. The zero-order valence-electron chi connectivity index (χ0n) is 22.7. The molecule has 0 aliphatic rings. The Labute approximate surface area is 225 Å². The van der Waals surface area contributed by atoms with Gasteiger partial charge in [0.2, 0.25) is 9.84 Å². The third-order valence-corrected chi connectivity index (χ3v) is 7.49. The zero-order valence-corrected chi connectivity index (χ0v) is 23.5. The van der Waals surface area contributed by atoms with Crippen LogP contribution in [-0.4, -0.2) is 14.0 Å². The van der Waals surface area contributed by atoms with Crippen molar-refractivity contribution in [2.45, 2.75) is 62.3 Å². The summed E-state index contributed by atoms with van der Waals surface area (Å²) in [4.78, 5) is 0.395. The van der Waals surface area contributed by atoms with Gasteiger partial charge in [0.25, 0.3) is 0 Å². The highest BCUT2D eigenvalue weighted by Gasteiger charge is 2.19. The molecule has 0 saturated carbocycles. The van der Waals surface area contributed by atoms with Gasteiger partial charge in [0.1, 0.15) is 34.3 Å². The Bertz CT molecular complexity index is 1460. The molecule has 0 fully saturated rings. The third kappa shape index (κ3) is 6.95. The Hall–Kier alpha value is -3.77. The third-order valence-electron chi connectivity index (χ3n) is 5.71. The van der Waals surface area contributed by atoms with Crippen LogP contribution in [-0.2, 0) is 15.3 Å². The normalized spacial score (nSPS) is 12.2. The molecule has 0 bridgehead atoms. The van der Waals surface area contributed by atoms with Crippen LogP contribution in [0, 0.1) is 0 Å². The summed E-state index contributed by atoms with van der Waals surface area (Å²) >= 11 is 0. The van der Waals surface area contributed by atoms with Crippen molar-refractivity contribution in [1.29, 1.82) is 0 Å². The second-order valence-corrected chi connectivity index (χ2v) is 13.1. The highest BCUT2D eigenvalue weighted by molar-refractivity contribution is 7.91. The lowest BCUT2D eigenvalue weighted by Crippen LogP contribution is -2.22. The molecule has 0 heterocycles. The van der Waals surface area contributed by atoms with Crippen molar-refractivity contribution in [3.8, 4) is 28.7 Å². The molecule has 198 valence electrons. The minimum absolute atomic E-state index is 0.0901. The topological polar surface area (TPSA) is 61.8 Å². The molecule has 0 aliphatic heterocycles. The smallest absolute Gasteiger partial charge is 0.206 e. The van der Waals surface area contributed by atoms with Crippen molar-refractivity contribution in [3.05, 3.63) is 103 Å². The van der Waals surface area contributed by atoms with Crippen molar-refractivity contribution in [2.75, 3.05) is 0 Å². The van der Waals surface area contributed by atoms with E-state index in [1.165, 1.54) is 5.56 Å². The molecule has 5 nitrogen and oxygen atoms in total. The van der Waals surface area contributed by atoms with E-state index in [4.69, 9.17) is 14.2 Å². The van der Waals surface area contributed by atoms with Gasteiger partial charge in [0.15, 0.2) is 0 Å². The van der Waals surface area contributed by atoms with E-state index >= 15 is 0 Å². The lowest BCUT2D eigenvalue weighted by molar-refractivity contribution is 0.131. The predicted molar refractivity (Wildman–Crippen MR) is 150 cm³/mol. The number of benzene rings is 4. The molecule has 0 unspecified atom stereocenters. The first kappa shape index (κ1) is 27.3. The highest BCUT2D eigenvalue weighted by atomic mass is 32.2. The van der Waals surface area contributed by atoms with Crippen LogP contribution < -0.4 is 14.2 Å². The van der Waals surface area contributed by atoms with E-state index in [-0.39, 0.29) is 20.8 Å². The summed E-state index contributed by atoms with van der Waals surface area (Å²) in [6, 6.07) is 28.2. The van der Waals surface area contributed by atoms with Gasteiger partial charge in [-0.2, -0.15) is 0 Å². The van der Waals surface area contributed by atoms with E-state index in [0.717, 1.165) is 5.75 Å². The first-order valence-electron chi connectivity index (χ1n) is 12.5. The van der Waals surface area contributed by atoms with Crippen LogP contribution in [0.15, 0.2) is 107 Å². The number of sulfone groups is 1. The maximum Gasteiger partial charge on any atom is 0.206 e. The molecule has 4 aromatic rings. The first-order valence-corrected chi connectivity index (χ1v) is 14.0. The summed E-state index contributed by atoms with van der Waals surface area (Å²) in [5.41, 5.74) is 0.977. The predicted octanol–water partition coefficient (Wildman–Crippen LogP) is 8.58. The molecule has 0 amide bonds. The van der Waals surface area contributed by atoms with Crippen molar-refractivity contribution in [1.82, 2.24) is 0 Å². The molecule has 6 heteroatoms. The van der Waals surface area contributed by atoms with Gasteiger partial charge in [-0.15, -0.1) is 0 Å². The Morgan fingerprint density at radius 3 is 1.13 bits per heavy atom. The second-order valence-electron chi connectivity index (χ2n) is 11.1. The van der Waals surface area contributed by atoms with Gasteiger partial charge < -0.3 is 14.2 Å². The molecule has 0 aromatic heterocycles. The fraction of sp³-hybridized carbons (Fsp3) is 0.250. The molecule has 0 radical (unpaired) electrons. The zero-order chi connectivity index (χ0) is 27.6. The molecule has 0 aliphatic carbocycles. The molecule has 4 rings (SSSR count). The van der Waals surface area contributed by atoms with Gasteiger partial charge in [-0.3, -0.25) is 0 Å². The Morgan fingerprint density at radius 2 is 0.789 bits per heavy atom. The van der Waals surface area contributed by atoms with Gasteiger partial charge in [-0.25, -0.2) is 8.42 Å². The Balaban J connectivity index is 1.39. The van der Waals surface area contributed by atoms with E-state index in [9.17, 15) is 8.42 Å². The SMILES string of the molecule is CC(C)(C)Oc1ccc(S(=O)(=O)c2ccc(Oc3ccc(Oc4ccc(C(C)(C)C)cc4)cc3)cc2)cc1. The maximum absolute atomic E-state index is 13.1. The quantitative estimate of drug-likeness (QED) is 0.239. The summed E-state index contributed by atoms with van der Waals surface area (Å²) in [6.07, 6.45) is 0. The Morgan fingerprint density at radius 1 is 0.474 bits per heavy atom. The molecular formula is C32H34O5S. The first-order chi connectivity index (χ1) is 17.8. The minimum atomic E-state index is -3.66. The largest absolute Gasteiger partial charge is 0.488 e. The molecule has 0 spiro atoms. The van der Waals surface area contributed by atoms with Gasteiger partial charge >= 0.3 is 0 Å². The van der Waals surface area contributed by atoms with Crippen LogP contribution in [0.5, 0.6) is 28.7 Å². The summed E-state index contributed by atoms with van der Waals surface area (Å²) in [7, 11) is -3.66. The van der Waals surface area contributed by atoms with Gasteiger partial charge in [0.05, 0.1) is 9.79 Å². The molecule has 0 N–H and O–H groups in total. The van der Waals surface area contributed by atoms with E-state index in [2.05, 4.69) is 32.9 Å². The van der Waals surface area contributed by atoms with Crippen LogP contribution in [0.4, 0.5) is 0 Å². The van der Waals surface area contributed by atoms with Gasteiger partial charge in [-0.05, 0) is 117 Å². The van der Waals surface area contributed by atoms with Crippen LogP contribution >= 0.6 is 0 Å². The lowest BCUT2D eigenvalue weighted by Gasteiger charge is -2.21. The molecule has 0 atom stereocenters. The fourth-order valence-corrected chi connectivity index (χ4v) is 5.00. The standard InChI is InChI=1S/C32H34O5S/c1-31(2,3)23-7-9-24(10-8-23)35-25-11-13-26(14-12-25)36-27-15-19-29(20-16-27)38(33,34)30-21-17-28(18-22-30)37-32(4,5)6/h7-22H,1-6H3. The molecular weight excluding hydrogens is 496 g/mol. The van der Waals surface area contributed by atoms with Crippen LogP contribution in [0.3, 0.4) is 0 Å². The van der Waals surface area contributed by atoms with Gasteiger partial charge in [0, 0.05) is 0 Å². The van der Waals surface area contributed by atoms with E-state index < -0.39 is 9.84 Å². The number of hydrogen-bond donors (Lipinski definition) is 0. The summed E-state index contributed by atoms with van der Waals surface area (Å²) in [5.74, 6) is 3.23. The Kier molecular flexibility index (Phi) is 7.56. The monoisotopic (exact) mass is 530 g/mol. The molecule has 38 heavy (non-hydrogen) atoms. The maximum atomic E-state index is 13.1. The summed E-state index contributed by atoms with van der Waals surface area (Å²) in [5, 5.41) is 0. The van der Waals surface area contributed by atoms with E-state index in [1.807, 2.05) is 57.2 Å². The molecule has 0 saturated heterocycles. The van der Waals surface area contributed by atoms with Crippen LogP contribution in [0.2, 0.25) is 0 Å². The number of rotatable bonds is 7. The second kappa shape index (κ2) is 10.5. The van der Waals surface area contributed by atoms with Crippen LogP contribution in [0.1, 0.15) is 47.1 Å². The number of ether oxygens (including phenoxy) is 3. The van der Waals surface area contributed by atoms with Crippen molar-refractivity contribution in [3.63, 3.8) is 0 Å². The van der Waals surface area contributed by atoms with Gasteiger partial charge in [-0.1, -0.05) is 32.9 Å². The summed E-state index contributed by atoms with van der Waals surface area (Å²) < 4.78 is 43.8. The molecule has 4 aromatic carbocycles. The van der Waals surface area contributed by atoms with Crippen molar-refractivity contribution < 1.29 is 22.6 Å². The van der Waals surface area contributed by atoms with E-state index in [0.29, 0.717) is 23.0 Å². The van der Waals surface area contributed by atoms with Crippen molar-refractivity contribution in [2.24, 2.45) is 0 Å². The van der Waals surface area contributed by atoms with Crippen molar-refractivity contribution >= 4 is 9.84 Å². The summed E-state index contributed by atoms with van der Waals surface area (Å²) in [6.45, 7) is 12.4. The average Bonchev–Trinajstić information content (AvgIpc) is 2.85. The van der Waals surface area contributed by atoms with Crippen LogP contribution in [0.25, 0.3) is 0 Å². The fourth-order valence-electron chi connectivity index (χ4n) is 3.73. The van der Waals surface area contributed by atoms with E-state index in [1.54, 1.807) is 48.5 Å². The number of hydrogen-bond acceptors (Lipinski definition) is 5. The average molecular weight is 531 g/mol. The minimum Gasteiger partial charge on any atom is -0.488 e. The highest BCUT2D eigenvalue weighted by Crippen LogP contribution is 2.31.